The smallest absolute Gasteiger partial charge is 0.283 e. The molecule has 0 aliphatic carbocycles. The number of aryl methyl sites for hydroxylation is 1. The van der Waals surface area contributed by atoms with Gasteiger partial charge in [-0.15, -0.1) is 0 Å². The summed E-state index contributed by atoms with van der Waals surface area (Å²) in [5, 5.41) is 3.36. The van der Waals surface area contributed by atoms with Crippen LogP contribution in [0.15, 0.2) is 34.1 Å². The Balaban J connectivity index is 1.48. The van der Waals surface area contributed by atoms with Crippen molar-refractivity contribution in [2.75, 3.05) is 31.9 Å². The number of fused-ring (bicyclic) bond motifs is 1. The van der Waals surface area contributed by atoms with Gasteiger partial charge in [-0.05, 0) is 58.0 Å². The second kappa shape index (κ2) is 10.6. The standard InChI is InChI=1S/C21H30N4O2S/c1-2-25-18-11-6-5-10-17(18)23-20(21(25)27)28-16-19(26)22-12-9-15-24-13-7-3-4-8-14-24/h5-6,10-11H,2-4,7-9,12-16H2,1H3,(H,22,26). The first-order valence-corrected chi connectivity index (χ1v) is 11.3. The molecule has 1 aromatic carbocycles. The number of para-hydroxylation sites is 2. The number of thioether (sulfide) groups is 1. The van der Waals surface area contributed by atoms with Crippen LogP contribution in [-0.2, 0) is 11.3 Å². The van der Waals surface area contributed by atoms with Crippen LogP contribution in [0, 0.1) is 0 Å². The van der Waals surface area contributed by atoms with Crippen molar-refractivity contribution >= 4 is 28.7 Å². The predicted molar refractivity (Wildman–Crippen MR) is 115 cm³/mol. The van der Waals surface area contributed by atoms with E-state index in [1.54, 1.807) is 4.57 Å². The Morgan fingerprint density at radius 3 is 2.68 bits per heavy atom. The van der Waals surface area contributed by atoms with Crippen molar-refractivity contribution in [3.05, 3.63) is 34.6 Å². The van der Waals surface area contributed by atoms with Crippen LogP contribution in [0.1, 0.15) is 39.0 Å². The van der Waals surface area contributed by atoms with Gasteiger partial charge in [0.2, 0.25) is 5.91 Å². The Kier molecular flexibility index (Phi) is 7.91. The maximum absolute atomic E-state index is 12.6. The van der Waals surface area contributed by atoms with Gasteiger partial charge in [-0.3, -0.25) is 9.59 Å². The number of nitrogens with zero attached hydrogens (tertiary/aromatic N) is 3. The second-order valence-corrected chi connectivity index (χ2v) is 8.17. The zero-order chi connectivity index (χ0) is 19.8. The van der Waals surface area contributed by atoms with Gasteiger partial charge in [0.05, 0.1) is 16.8 Å². The molecule has 152 valence electrons. The Bertz CT molecular complexity index is 844. The molecule has 1 aromatic heterocycles. The summed E-state index contributed by atoms with van der Waals surface area (Å²) in [6, 6.07) is 7.61. The van der Waals surface area contributed by atoms with Crippen LogP contribution in [-0.4, -0.2) is 52.3 Å². The number of nitrogens with one attached hydrogen (secondary N) is 1. The second-order valence-electron chi connectivity index (χ2n) is 7.20. The molecule has 1 N–H and O–H groups in total. The average molecular weight is 403 g/mol. The fraction of sp³-hybridized carbons (Fsp3) is 0.571. The quantitative estimate of drug-likeness (QED) is 0.543. The highest BCUT2D eigenvalue weighted by Crippen LogP contribution is 2.16. The monoisotopic (exact) mass is 402 g/mol. The summed E-state index contributed by atoms with van der Waals surface area (Å²) in [4.78, 5) is 31.8. The summed E-state index contributed by atoms with van der Waals surface area (Å²) < 4.78 is 1.71. The van der Waals surface area contributed by atoms with Gasteiger partial charge >= 0.3 is 0 Å². The average Bonchev–Trinajstić information content (AvgIpc) is 2.98. The first-order chi connectivity index (χ1) is 13.7. The van der Waals surface area contributed by atoms with Gasteiger partial charge in [-0.2, -0.15) is 0 Å². The molecule has 7 heteroatoms. The van der Waals surface area contributed by atoms with Crippen molar-refractivity contribution in [1.29, 1.82) is 0 Å². The third-order valence-corrected chi connectivity index (χ3v) is 6.10. The molecule has 1 aliphatic heterocycles. The summed E-state index contributed by atoms with van der Waals surface area (Å²) in [5.74, 6) is 0.173. The molecule has 1 fully saturated rings. The predicted octanol–water partition coefficient (Wildman–Crippen LogP) is 2.89. The molecule has 0 spiro atoms. The molecule has 0 saturated carbocycles. The van der Waals surface area contributed by atoms with E-state index in [1.807, 2.05) is 31.2 Å². The van der Waals surface area contributed by atoms with Crippen molar-refractivity contribution in [3.8, 4) is 0 Å². The SMILES string of the molecule is CCn1c(=O)c(SCC(=O)NCCCN2CCCCCC2)nc2ccccc21. The molecule has 0 radical (unpaired) electrons. The maximum atomic E-state index is 12.6. The lowest BCUT2D eigenvalue weighted by Gasteiger charge is -2.19. The number of hydrogen-bond donors (Lipinski definition) is 1. The van der Waals surface area contributed by atoms with E-state index in [0.717, 1.165) is 24.0 Å². The van der Waals surface area contributed by atoms with Gasteiger partial charge < -0.3 is 14.8 Å². The number of amides is 1. The molecule has 0 unspecified atom stereocenters. The number of likely N-dealkylation sites (tertiary alicyclic amines) is 1. The Labute approximate surface area is 170 Å². The van der Waals surface area contributed by atoms with E-state index in [2.05, 4.69) is 15.2 Å². The van der Waals surface area contributed by atoms with Crippen molar-refractivity contribution in [1.82, 2.24) is 19.8 Å². The van der Waals surface area contributed by atoms with Crippen LogP contribution in [0.3, 0.4) is 0 Å². The van der Waals surface area contributed by atoms with E-state index < -0.39 is 0 Å². The van der Waals surface area contributed by atoms with Gasteiger partial charge in [0.1, 0.15) is 0 Å². The summed E-state index contributed by atoms with van der Waals surface area (Å²) in [5.41, 5.74) is 1.49. The number of rotatable bonds is 8. The summed E-state index contributed by atoms with van der Waals surface area (Å²) in [6.07, 6.45) is 6.22. The minimum Gasteiger partial charge on any atom is -0.355 e. The molecule has 1 saturated heterocycles. The minimum absolute atomic E-state index is 0.0433. The van der Waals surface area contributed by atoms with Gasteiger partial charge in [0.15, 0.2) is 5.03 Å². The van der Waals surface area contributed by atoms with Crippen LogP contribution in [0.5, 0.6) is 0 Å². The van der Waals surface area contributed by atoms with Crippen molar-refractivity contribution in [3.63, 3.8) is 0 Å². The zero-order valence-electron chi connectivity index (χ0n) is 16.7. The minimum atomic E-state index is -0.125. The molecule has 0 atom stereocenters. The Morgan fingerprint density at radius 2 is 1.93 bits per heavy atom. The van der Waals surface area contributed by atoms with Gasteiger partial charge in [0, 0.05) is 13.1 Å². The lowest BCUT2D eigenvalue weighted by Crippen LogP contribution is -2.31. The molecule has 1 aliphatic rings. The fourth-order valence-corrected chi connectivity index (χ4v) is 4.42. The fourth-order valence-electron chi connectivity index (χ4n) is 3.65. The number of carbonyl (C=O) groups excluding carboxylic acids is 1. The summed E-state index contributed by atoms with van der Waals surface area (Å²) >= 11 is 1.22. The van der Waals surface area contributed by atoms with Crippen molar-refractivity contribution in [2.24, 2.45) is 0 Å². The molecule has 3 rings (SSSR count). The molecular weight excluding hydrogens is 372 g/mol. The Hall–Kier alpha value is -1.86. The molecule has 28 heavy (non-hydrogen) atoms. The highest BCUT2D eigenvalue weighted by molar-refractivity contribution is 7.99. The Morgan fingerprint density at radius 1 is 1.18 bits per heavy atom. The maximum Gasteiger partial charge on any atom is 0.283 e. The zero-order valence-corrected chi connectivity index (χ0v) is 17.5. The van der Waals surface area contributed by atoms with E-state index >= 15 is 0 Å². The highest BCUT2D eigenvalue weighted by atomic mass is 32.2. The lowest BCUT2D eigenvalue weighted by molar-refractivity contribution is -0.118. The van der Waals surface area contributed by atoms with Crippen molar-refractivity contribution < 1.29 is 4.79 Å². The van der Waals surface area contributed by atoms with Gasteiger partial charge in [-0.25, -0.2) is 4.98 Å². The molecular formula is C21H30N4O2S. The van der Waals surface area contributed by atoms with Crippen LogP contribution >= 0.6 is 11.8 Å². The number of benzene rings is 1. The normalized spacial score (nSPS) is 15.5. The number of carbonyl (C=O) groups is 1. The van der Waals surface area contributed by atoms with Gasteiger partial charge in [-0.1, -0.05) is 36.7 Å². The third kappa shape index (κ3) is 5.58. The van der Waals surface area contributed by atoms with E-state index in [4.69, 9.17) is 0 Å². The number of hydrogen-bond acceptors (Lipinski definition) is 5. The number of aromatic nitrogens is 2. The molecule has 6 nitrogen and oxygen atoms in total. The summed E-state index contributed by atoms with van der Waals surface area (Å²) in [6.45, 7) is 6.61. The first kappa shape index (κ1) is 20.9. The molecule has 2 aromatic rings. The summed E-state index contributed by atoms with van der Waals surface area (Å²) in [7, 11) is 0. The van der Waals surface area contributed by atoms with E-state index in [0.29, 0.717) is 18.1 Å². The van der Waals surface area contributed by atoms with Crippen LogP contribution < -0.4 is 10.9 Å². The van der Waals surface area contributed by atoms with E-state index in [1.165, 1.54) is 50.5 Å². The highest BCUT2D eigenvalue weighted by Gasteiger charge is 2.13. The van der Waals surface area contributed by atoms with Crippen LogP contribution in [0.4, 0.5) is 0 Å². The molecule has 2 heterocycles. The lowest BCUT2D eigenvalue weighted by atomic mass is 10.2. The largest absolute Gasteiger partial charge is 0.355 e. The molecule has 1 amide bonds. The van der Waals surface area contributed by atoms with Crippen LogP contribution in [0.25, 0.3) is 11.0 Å². The van der Waals surface area contributed by atoms with Crippen LogP contribution in [0.2, 0.25) is 0 Å². The van der Waals surface area contributed by atoms with E-state index in [-0.39, 0.29) is 17.2 Å². The van der Waals surface area contributed by atoms with Gasteiger partial charge in [0.25, 0.3) is 5.56 Å². The van der Waals surface area contributed by atoms with E-state index in [9.17, 15) is 9.59 Å². The topological polar surface area (TPSA) is 67.2 Å². The third-order valence-electron chi connectivity index (χ3n) is 5.15. The first-order valence-electron chi connectivity index (χ1n) is 10.3. The van der Waals surface area contributed by atoms with Crippen molar-refractivity contribution in [2.45, 2.75) is 50.6 Å². The molecule has 0 bridgehead atoms.